The van der Waals surface area contributed by atoms with Gasteiger partial charge < -0.3 is 9.47 Å². The van der Waals surface area contributed by atoms with Crippen LogP contribution in [0.25, 0.3) is 10.9 Å². The molecule has 1 aromatic heterocycles. The number of thioether (sulfide) groups is 1. The summed E-state index contributed by atoms with van der Waals surface area (Å²) in [6.45, 7) is 0.489. The molecule has 5 heteroatoms. The normalized spacial score (nSPS) is 10.6. The van der Waals surface area contributed by atoms with Crippen LogP contribution >= 0.6 is 11.8 Å². The van der Waals surface area contributed by atoms with E-state index in [1.54, 1.807) is 25.2 Å². The quantitative estimate of drug-likeness (QED) is 0.527. The first-order valence-corrected chi connectivity index (χ1v) is 8.07. The van der Waals surface area contributed by atoms with Crippen LogP contribution in [-0.4, -0.2) is 23.3 Å². The third-order valence-corrected chi connectivity index (χ3v) is 4.03. The zero-order valence-electron chi connectivity index (χ0n) is 12.4. The zero-order valence-corrected chi connectivity index (χ0v) is 13.3. The number of fused-ring (bicyclic) bond motifs is 1. The van der Waals surface area contributed by atoms with Crippen molar-refractivity contribution >= 4 is 22.7 Å². The lowest BCUT2D eigenvalue weighted by atomic mass is 10.2. The van der Waals surface area contributed by atoms with Crippen LogP contribution in [0.15, 0.2) is 53.8 Å². The molecule has 1 heterocycles. The van der Waals surface area contributed by atoms with Gasteiger partial charge in [-0.25, -0.2) is 9.97 Å². The number of aromatic nitrogens is 2. The van der Waals surface area contributed by atoms with Gasteiger partial charge in [-0.3, -0.25) is 0 Å². The molecule has 0 aliphatic heterocycles. The summed E-state index contributed by atoms with van der Waals surface area (Å²) >= 11 is 1.59. The summed E-state index contributed by atoms with van der Waals surface area (Å²) in [4.78, 5) is 8.60. The van der Waals surface area contributed by atoms with Crippen molar-refractivity contribution in [1.29, 1.82) is 0 Å². The van der Waals surface area contributed by atoms with Gasteiger partial charge in [-0.2, -0.15) is 0 Å². The van der Waals surface area contributed by atoms with Crippen LogP contribution in [0.3, 0.4) is 0 Å². The van der Waals surface area contributed by atoms with Gasteiger partial charge in [0, 0.05) is 11.5 Å². The fourth-order valence-corrected chi connectivity index (χ4v) is 2.75. The molecule has 0 spiro atoms. The van der Waals surface area contributed by atoms with Gasteiger partial charge in [0.05, 0.1) is 12.6 Å². The second kappa shape index (κ2) is 6.66. The second-order valence-electron chi connectivity index (χ2n) is 4.68. The molecule has 0 N–H and O–H groups in total. The van der Waals surface area contributed by atoms with E-state index in [0.717, 1.165) is 21.5 Å². The first-order valence-electron chi connectivity index (χ1n) is 6.85. The van der Waals surface area contributed by atoms with Gasteiger partial charge >= 0.3 is 0 Å². The van der Waals surface area contributed by atoms with Gasteiger partial charge in [0.2, 0.25) is 0 Å². The first-order chi connectivity index (χ1) is 10.8. The van der Waals surface area contributed by atoms with E-state index in [1.807, 2.05) is 48.7 Å². The second-order valence-corrected chi connectivity index (χ2v) is 5.47. The van der Waals surface area contributed by atoms with E-state index in [1.165, 1.54) is 0 Å². The fraction of sp³-hybridized carbons (Fsp3) is 0.176. The topological polar surface area (TPSA) is 44.2 Å². The minimum atomic E-state index is 0.489. The maximum Gasteiger partial charge on any atom is 0.163 e. The molecule has 0 bridgehead atoms. The molecule has 0 unspecified atom stereocenters. The standard InChI is InChI=1S/C17H16N2O2S/c1-20-15-8-13-14(18-11-19-17(13)22-2)9-16(15)21-10-12-6-4-3-5-7-12/h3-9,11H,10H2,1-2H3. The Kier molecular flexibility index (Phi) is 4.44. The third kappa shape index (κ3) is 2.99. The molecule has 0 fully saturated rings. The van der Waals surface area contributed by atoms with E-state index in [4.69, 9.17) is 9.47 Å². The molecule has 2 aromatic carbocycles. The highest BCUT2D eigenvalue weighted by Gasteiger charge is 2.11. The average Bonchev–Trinajstić information content (AvgIpc) is 2.59. The summed E-state index contributed by atoms with van der Waals surface area (Å²) < 4.78 is 11.4. The Labute approximate surface area is 133 Å². The molecule has 0 saturated carbocycles. The molecule has 0 aliphatic carbocycles. The van der Waals surface area contributed by atoms with Crippen molar-refractivity contribution in [3.05, 3.63) is 54.4 Å². The molecule has 3 aromatic rings. The molecule has 0 aliphatic rings. The van der Waals surface area contributed by atoms with Crippen LogP contribution in [-0.2, 0) is 6.61 Å². The van der Waals surface area contributed by atoms with Crippen LogP contribution in [0.5, 0.6) is 11.5 Å². The average molecular weight is 312 g/mol. The van der Waals surface area contributed by atoms with Crippen molar-refractivity contribution in [2.24, 2.45) is 0 Å². The lowest BCUT2D eigenvalue weighted by molar-refractivity contribution is 0.285. The molecular formula is C17H16N2O2S. The zero-order chi connectivity index (χ0) is 15.4. The summed E-state index contributed by atoms with van der Waals surface area (Å²) in [5.41, 5.74) is 1.96. The summed E-state index contributed by atoms with van der Waals surface area (Å²) in [7, 11) is 1.64. The van der Waals surface area contributed by atoms with Gasteiger partial charge in [0.25, 0.3) is 0 Å². The van der Waals surface area contributed by atoms with Crippen molar-refractivity contribution in [1.82, 2.24) is 9.97 Å². The number of rotatable bonds is 5. The summed E-state index contributed by atoms with van der Waals surface area (Å²) in [6.07, 6.45) is 3.57. The number of hydrogen-bond donors (Lipinski definition) is 0. The number of benzene rings is 2. The number of ether oxygens (including phenoxy) is 2. The van der Waals surface area contributed by atoms with E-state index in [-0.39, 0.29) is 0 Å². The molecule has 0 saturated heterocycles. The minimum absolute atomic E-state index is 0.489. The Morgan fingerprint density at radius 2 is 1.86 bits per heavy atom. The summed E-state index contributed by atoms with van der Waals surface area (Å²) in [5, 5.41) is 1.90. The number of nitrogens with zero attached hydrogens (tertiary/aromatic N) is 2. The molecule has 0 atom stereocenters. The van der Waals surface area contributed by atoms with Gasteiger partial charge in [-0.1, -0.05) is 30.3 Å². The monoisotopic (exact) mass is 312 g/mol. The van der Waals surface area contributed by atoms with Crippen LogP contribution in [0.2, 0.25) is 0 Å². The highest BCUT2D eigenvalue weighted by molar-refractivity contribution is 7.98. The molecular weight excluding hydrogens is 296 g/mol. The van der Waals surface area contributed by atoms with Crippen LogP contribution in [0, 0.1) is 0 Å². The Morgan fingerprint density at radius 3 is 2.59 bits per heavy atom. The van der Waals surface area contributed by atoms with E-state index in [9.17, 15) is 0 Å². The number of methoxy groups -OCH3 is 1. The SMILES string of the molecule is COc1cc2c(SC)ncnc2cc1OCc1ccccc1. The van der Waals surface area contributed by atoms with Crippen molar-refractivity contribution < 1.29 is 9.47 Å². The predicted octanol–water partition coefficient (Wildman–Crippen LogP) is 3.94. The Bertz CT molecular complexity index is 778. The lowest BCUT2D eigenvalue weighted by Gasteiger charge is -2.12. The van der Waals surface area contributed by atoms with Crippen LogP contribution in [0.1, 0.15) is 5.56 Å². The third-order valence-electron chi connectivity index (χ3n) is 3.31. The van der Waals surface area contributed by atoms with E-state index >= 15 is 0 Å². The Morgan fingerprint density at radius 1 is 1.05 bits per heavy atom. The number of hydrogen-bond acceptors (Lipinski definition) is 5. The molecule has 22 heavy (non-hydrogen) atoms. The Balaban J connectivity index is 1.95. The molecule has 0 amide bonds. The van der Waals surface area contributed by atoms with Crippen molar-refractivity contribution in [3.8, 4) is 11.5 Å². The largest absolute Gasteiger partial charge is 0.493 e. The van der Waals surface area contributed by atoms with Gasteiger partial charge in [0.1, 0.15) is 18.0 Å². The van der Waals surface area contributed by atoms with Gasteiger partial charge in [-0.05, 0) is 17.9 Å². The summed E-state index contributed by atoms with van der Waals surface area (Å²) in [6, 6.07) is 13.9. The van der Waals surface area contributed by atoms with E-state index in [2.05, 4.69) is 9.97 Å². The maximum atomic E-state index is 5.90. The lowest BCUT2D eigenvalue weighted by Crippen LogP contribution is -1.98. The minimum Gasteiger partial charge on any atom is -0.493 e. The highest BCUT2D eigenvalue weighted by atomic mass is 32.2. The molecule has 112 valence electrons. The Hall–Kier alpha value is -2.27. The van der Waals surface area contributed by atoms with Crippen LogP contribution in [0.4, 0.5) is 0 Å². The van der Waals surface area contributed by atoms with Crippen molar-refractivity contribution in [2.75, 3.05) is 13.4 Å². The van der Waals surface area contributed by atoms with Crippen molar-refractivity contribution in [2.45, 2.75) is 11.6 Å². The smallest absolute Gasteiger partial charge is 0.163 e. The van der Waals surface area contributed by atoms with E-state index < -0.39 is 0 Å². The molecule has 4 nitrogen and oxygen atoms in total. The molecule has 0 radical (unpaired) electrons. The van der Waals surface area contributed by atoms with E-state index in [0.29, 0.717) is 18.1 Å². The predicted molar refractivity (Wildman–Crippen MR) is 88.6 cm³/mol. The molecule has 3 rings (SSSR count). The summed E-state index contributed by atoms with van der Waals surface area (Å²) in [5.74, 6) is 1.37. The van der Waals surface area contributed by atoms with Crippen LogP contribution < -0.4 is 9.47 Å². The van der Waals surface area contributed by atoms with Crippen molar-refractivity contribution in [3.63, 3.8) is 0 Å². The highest BCUT2D eigenvalue weighted by Crippen LogP contribution is 2.34. The first kappa shape index (κ1) is 14.7. The maximum absolute atomic E-state index is 5.90. The fourth-order valence-electron chi connectivity index (χ4n) is 2.21. The van der Waals surface area contributed by atoms with Gasteiger partial charge in [-0.15, -0.1) is 11.8 Å². The van der Waals surface area contributed by atoms with Gasteiger partial charge in [0.15, 0.2) is 11.5 Å².